The van der Waals surface area contributed by atoms with Crippen molar-refractivity contribution in [3.05, 3.63) is 60.7 Å². The molecule has 0 saturated heterocycles. The van der Waals surface area contributed by atoms with Crippen LogP contribution in [-0.2, 0) is 13.7 Å². The molecule has 0 amide bonds. The highest BCUT2D eigenvalue weighted by Gasteiger charge is 2.03. The molecule has 0 radical (unpaired) electrons. The Labute approximate surface area is 106 Å². The van der Waals surface area contributed by atoms with E-state index in [9.17, 15) is 4.79 Å². The molecule has 4 heteroatoms. The summed E-state index contributed by atoms with van der Waals surface area (Å²) in [6.07, 6.45) is 4.89. The summed E-state index contributed by atoms with van der Waals surface area (Å²) in [4.78, 5) is 15.5. The molecular formula is C14H14N2O2. The van der Waals surface area contributed by atoms with Gasteiger partial charge in [-0.05, 0) is 30.3 Å². The van der Waals surface area contributed by atoms with Crippen molar-refractivity contribution in [1.29, 1.82) is 0 Å². The molecular weight excluding hydrogens is 228 g/mol. The lowest BCUT2D eigenvalue weighted by Gasteiger charge is -2.06. The number of carbonyl (C=O) groups is 1. The Morgan fingerprint density at radius 1 is 1.44 bits per heavy atom. The minimum Gasteiger partial charge on any atom is -0.486 e. The summed E-state index contributed by atoms with van der Waals surface area (Å²) in [6, 6.07) is 6.97. The molecule has 18 heavy (non-hydrogen) atoms. The van der Waals surface area contributed by atoms with E-state index in [-0.39, 0.29) is 5.78 Å². The van der Waals surface area contributed by atoms with Gasteiger partial charge in [0.25, 0.3) is 0 Å². The highest BCUT2D eigenvalue weighted by atomic mass is 16.5. The Morgan fingerprint density at radius 2 is 2.17 bits per heavy atom. The summed E-state index contributed by atoms with van der Waals surface area (Å²) in [5.41, 5.74) is 0.606. The molecule has 0 spiro atoms. The third-order valence-corrected chi connectivity index (χ3v) is 2.61. The molecule has 0 atom stereocenters. The molecule has 0 unspecified atom stereocenters. The van der Waals surface area contributed by atoms with Crippen molar-refractivity contribution in [3.63, 3.8) is 0 Å². The van der Waals surface area contributed by atoms with Crippen molar-refractivity contribution < 1.29 is 9.53 Å². The van der Waals surface area contributed by atoms with Crippen molar-refractivity contribution in [3.8, 4) is 5.75 Å². The van der Waals surface area contributed by atoms with E-state index in [1.807, 2.05) is 17.8 Å². The number of imidazole rings is 1. The van der Waals surface area contributed by atoms with E-state index >= 15 is 0 Å². The molecule has 2 rings (SSSR count). The fourth-order valence-electron chi connectivity index (χ4n) is 1.52. The Bertz CT molecular complexity index is 555. The number of allylic oxidation sites excluding steroid dienone is 1. The van der Waals surface area contributed by atoms with E-state index < -0.39 is 0 Å². The monoisotopic (exact) mass is 242 g/mol. The number of benzene rings is 1. The van der Waals surface area contributed by atoms with E-state index in [1.54, 1.807) is 30.5 Å². The highest BCUT2D eigenvalue weighted by molar-refractivity contribution is 6.04. The van der Waals surface area contributed by atoms with Crippen LogP contribution in [0.3, 0.4) is 0 Å². The van der Waals surface area contributed by atoms with Gasteiger partial charge >= 0.3 is 0 Å². The van der Waals surface area contributed by atoms with Crippen molar-refractivity contribution in [2.24, 2.45) is 7.05 Å². The first-order valence-corrected chi connectivity index (χ1v) is 5.56. The van der Waals surface area contributed by atoms with Gasteiger partial charge in [-0.2, -0.15) is 0 Å². The van der Waals surface area contributed by atoms with E-state index in [0.29, 0.717) is 17.9 Å². The first-order valence-electron chi connectivity index (χ1n) is 5.56. The van der Waals surface area contributed by atoms with E-state index in [0.717, 1.165) is 5.82 Å². The molecule has 4 nitrogen and oxygen atoms in total. The Hall–Kier alpha value is -2.36. The predicted octanol–water partition coefficient (Wildman–Crippen LogP) is 2.37. The third kappa shape index (κ3) is 2.66. The SMILES string of the molecule is C=CC(=O)c1ccc(OCc2nccn2C)cc1. The average Bonchev–Trinajstić information content (AvgIpc) is 2.81. The van der Waals surface area contributed by atoms with Crippen molar-refractivity contribution in [2.75, 3.05) is 0 Å². The number of nitrogens with zero attached hydrogens (tertiary/aromatic N) is 2. The molecule has 0 bridgehead atoms. The second-order valence-electron chi connectivity index (χ2n) is 3.84. The first kappa shape index (κ1) is 12.1. The summed E-state index contributed by atoms with van der Waals surface area (Å²) in [7, 11) is 1.91. The quantitative estimate of drug-likeness (QED) is 0.597. The number of rotatable bonds is 5. The van der Waals surface area contributed by atoms with Gasteiger partial charge in [0.1, 0.15) is 18.2 Å². The summed E-state index contributed by atoms with van der Waals surface area (Å²) < 4.78 is 7.48. The zero-order valence-electron chi connectivity index (χ0n) is 10.2. The summed E-state index contributed by atoms with van der Waals surface area (Å²) in [5.74, 6) is 1.46. The average molecular weight is 242 g/mol. The lowest BCUT2D eigenvalue weighted by molar-refractivity contribution is 0.104. The Kier molecular flexibility index (Phi) is 3.57. The third-order valence-electron chi connectivity index (χ3n) is 2.61. The van der Waals surface area contributed by atoms with Gasteiger partial charge in [-0.3, -0.25) is 4.79 Å². The molecule has 0 aliphatic carbocycles. The van der Waals surface area contributed by atoms with Crippen LogP contribution < -0.4 is 4.74 Å². The minimum atomic E-state index is -0.0920. The van der Waals surface area contributed by atoms with E-state index in [2.05, 4.69) is 11.6 Å². The fourth-order valence-corrected chi connectivity index (χ4v) is 1.52. The molecule has 0 saturated carbocycles. The topological polar surface area (TPSA) is 44.1 Å². The van der Waals surface area contributed by atoms with Crippen LogP contribution in [0.4, 0.5) is 0 Å². The number of aryl methyl sites for hydroxylation is 1. The molecule has 1 aromatic heterocycles. The molecule has 2 aromatic rings. The van der Waals surface area contributed by atoms with Gasteiger partial charge in [0.2, 0.25) is 0 Å². The number of carbonyl (C=O) groups excluding carboxylic acids is 1. The van der Waals surface area contributed by atoms with Gasteiger partial charge in [0, 0.05) is 25.0 Å². The van der Waals surface area contributed by atoms with Crippen molar-refractivity contribution in [1.82, 2.24) is 9.55 Å². The summed E-state index contributed by atoms with van der Waals surface area (Å²) in [6.45, 7) is 3.85. The van der Waals surface area contributed by atoms with Gasteiger partial charge in [-0.25, -0.2) is 4.98 Å². The Morgan fingerprint density at radius 3 is 2.72 bits per heavy atom. The first-order chi connectivity index (χ1) is 8.70. The lowest BCUT2D eigenvalue weighted by Crippen LogP contribution is -2.03. The maximum Gasteiger partial charge on any atom is 0.185 e. The number of ether oxygens (including phenoxy) is 1. The van der Waals surface area contributed by atoms with Crippen LogP contribution in [0.1, 0.15) is 16.2 Å². The van der Waals surface area contributed by atoms with Crippen LogP contribution in [0, 0.1) is 0 Å². The van der Waals surface area contributed by atoms with Crippen LogP contribution in [0.5, 0.6) is 5.75 Å². The van der Waals surface area contributed by atoms with Crippen molar-refractivity contribution >= 4 is 5.78 Å². The van der Waals surface area contributed by atoms with Crippen molar-refractivity contribution in [2.45, 2.75) is 6.61 Å². The van der Waals surface area contributed by atoms with Gasteiger partial charge < -0.3 is 9.30 Å². The van der Waals surface area contributed by atoms with E-state index in [4.69, 9.17) is 4.74 Å². The molecule has 0 aliphatic rings. The predicted molar refractivity (Wildman–Crippen MR) is 68.5 cm³/mol. The molecule has 1 heterocycles. The molecule has 0 N–H and O–H groups in total. The van der Waals surface area contributed by atoms with Gasteiger partial charge in [0.15, 0.2) is 5.78 Å². The Balaban J connectivity index is 2.01. The lowest BCUT2D eigenvalue weighted by atomic mass is 10.1. The zero-order valence-corrected chi connectivity index (χ0v) is 10.2. The van der Waals surface area contributed by atoms with Crippen LogP contribution in [0.15, 0.2) is 49.3 Å². The molecule has 1 aromatic carbocycles. The van der Waals surface area contributed by atoms with Gasteiger partial charge in [0.05, 0.1) is 0 Å². The minimum absolute atomic E-state index is 0.0920. The van der Waals surface area contributed by atoms with Crippen LogP contribution in [0.2, 0.25) is 0 Å². The largest absolute Gasteiger partial charge is 0.486 e. The maximum atomic E-state index is 11.3. The summed E-state index contributed by atoms with van der Waals surface area (Å²) >= 11 is 0. The molecule has 92 valence electrons. The second-order valence-corrected chi connectivity index (χ2v) is 3.84. The molecule has 0 aliphatic heterocycles. The summed E-state index contributed by atoms with van der Waals surface area (Å²) in [5, 5.41) is 0. The zero-order chi connectivity index (χ0) is 13.0. The smallest absolute Gasteiger partial charge is 0.185 e. The van der Waals surface area contributed by atoms with Crippen LogP contribution >= 0.6 is 0 Å². The highest BCUT2D eigenvalue weighted by Crippen LogP contribution is 2.14. The van der Waals surface area contributed by atoms with Gasteiger partial charge in [-0.1, -0.05) is 6.58 Å². The number of aromatic nitrogens is 2. The number of hydrogen-bond donors (Lipinski definition) is 0. The fraction of sp³-hybridized carbons (Fsp3) is 0.143. The normalized spacial score (nSPS) is 10.1. The number of hydrogen-bond acceptors (Lipinski definition) is 3. The van der Waals surface area contributed by atoms with Crippen LogP contribution in [-0.4, -0.2) is 15.3 Å². The van der Waals surface area contributed by atoms with Gasteiger partial charge in [-0.15, -0.1) is 0 Å². The molecule has 0 fully saturated rings. The van der Waals surface area contributed by atoms with E-state index in [1.165, 1.54) is 6.08 Å². The van der Waals surface area contributed by atoms with Crippen LogP contribution in [0.25, 0.3) is 0 Å². The second kappa shape index (κ2) is 5.31. The number of ketones is 1. The standard InChI is InChI=1S/C14H14N2O2/c1-3-13(17)11-4-6-12(7-5-11)18-10-14-15-8-9-16(14)2/h3-9H,1,10H2,2H3. The maximum absolute atomic E-state index is 11.3.